The predicted molar refractivity (Wildman–Crippen MR) is 76.4 cm³/mol. The van der Waals surface area contributed by atoms with Crippen LogP contribution in [-0.2, 0) is 4.74 Å². The molecule has 0 aliphatic heterocycles. The fourth-order valence-corrected chi connectivity index (χ4v) is 1.86. The molecule has 0 aromatic heterocycles. The molecule has 0 radical (unpaired) electrons. The largest absolute Gasteiger partial charge is 0.383 e. The zero-order chi connectivity index (χ0) is 14.2. The summed E-state index contributed by atoms with van der Waals surface area (Å²) in [6.45, 7) is 8.68. The molecule has 0 bridgehead atoms. The Hall–Kier alpha value is -0.850. The number of hydrazine groups is 1. The van der Waals surface area contributed by atoms with Gasteiger partial charge in [-0.25, -0.2) is 5.84 Å². The van der Waals surface area contributed by atoms with Gasteiger partial charge in [-0.1, -0.05) is 13.8 Å². The van der Waals surface area contributed by atoms with Crippen molar-refractivity contribution in [3.8, 4) is 0 Å². The number of rotatable bonds is 7. The summed E-state index contributed by atoms with van der Waals surface area (Å²) in [5, 5.41) is 3.17. The Bertz CT molecular complexity index is 253. The molecular formula is C12H29N5O. The number of methoxy groups -OCH3 is 1. The van der Waals surface area contributed by atoms with E-state index in [0.717, 1.165) is 6.54 Å². The highest BCUT2D eigenvalue weighted by molar-refractivity contribution is 5.79. The molecule has 0 aliphatic carbocycles. The van der Waals surface area contributed by atoms with Gasteiger partial charge in [-0.05, 0) is 26.4 Å². The minimum Gasteiger partial charge on any atom is -0.383 e. The number of nitrogens with two attached hydrogens (primary N) is 1. The molecule has 0 saturated carbocycles. The molecular weight excluding hydrogens is 230 g/mol. The second-order valence-corrected chi connectivity index (χ2v) is 5.71. The number of hydrogen-bond donors (Lipinski definition) is 3. The van der Waals surface area contributed by atoms with E-state index in [2.05, 4.69) is 48.6 Å². The maximum absolute atomic E-state index is 5.45. The topological polar surface area (TPSA) is 74.9 Å². The van der Waals surface area contributed by atoms with Gasteiger partial charge in [-0.3, -0.25) is 10.4 Å². The lowest BCUT2D eigenvalue weighted by molar-refractivity contribution is 0.179. The molecule has 0 saturated heterocycles. The number of ether oxygens (including phenoxy) is 1. The van der Waals surface area contributed by atoms with Crippen molar-refractivity contribution in [2.45, 2.75) is 26.8 Å². The van der Waals surface area contributed by atoms with Crippen LogP contribution in [0.4, 0.5) is 0 Å². The minimum absolute atomic E-state index is 0.109. The van der Waals surface area contributed by atoms with Crippen molar-refractivity contribution in [2.75, 3.05) is 40.9 Å². The first-order chi connectivity index (χ1) is 8.30. The van der Waals surface area contributed by atoms with Crippen LogP contribution in [0, 0.1) is 5.41 Å². The molecule has 0 heterocycles. The van der Waals surface area contributed by atoms with Crippen LogP contribution in [0.1, 0.15) is 20.8 Å². The fraction of sp³-hybridized carbons (Fsp3) is 0.917. The van der Waals surface area contributed by atoms with Gasteiger partial charge >= 0.3 is 0 Å². The van der Waals surface area contributed by atoms with Crippen LogP contribution in [0.2, 0.25) is 0 Å². The van der Waals surface area contributed by atoms with E-state index in [1.54, 1.807) is 7.11 Å². The summed E-state index contributed by atoms with van der Waals surface area (Å²) in [5.74, 6) is 6.06. The average molecular weight is 259 g/mol. The zero-order valence-corrected chi connectivity index (χ0v) is 12.6. The Labute approximate surface area is 111 Å². The lowest BCUT2D eigenvalue weighted by Crippen LogP contribution is -2.47. The molecule has 0 rings (SSSR count). The normalized spacial score (nSPS) is 14.8. The van der Waals surface area contributed by atoms with Crippen molar-refractivity contribution in [3.05, 3.63) is 0 Å². The molecule has 6 heteroatoms. The molecule has 108 valence electrons. The van der Waals surface area contributed by atoms with Crippen LogP contribution in [0.15, 0.2) is 4.99 Å². The van der Waals surface area contributed by atoms with Crippen molar-refractivity contribution in [1.29, 1.82) is 0 Å². The second kappa shape index (κ2) is 8.29. The van der Waals surface area contributed by atoms with Gasteiger partial charge in [-0.15, -0.1) is 0 Å². The van der Waals surface area contributed by atoms with Gasteiger partial charge in [0.15, 0.2) is 0 Å². The van der Waals surface area contributed by atoms with E-state index >= 15 is 0 Å². The number of nitrogens with zero attached hydrogens (tertiary/aromatic N) is 2. The monoisotopic (exact) mass is 259 g/mol. The molecule has 1 atom stereocenters. The number of guanidine groups is 1. The Morgan fingerprint density at radius 3 is 2.50 bits per heavy atom. The van der Waals surface area contributed by atoms with E-state index in [-0.39, 0.29) is 11.5 Å². The van der Waals surface area contributed by atoms with Gasteiger partial charge in [0.1, 0.15) is 0 Å². The Balaban J connectivity index is 4.34. The third kappa shape index (κ3) is 8.27. The van der Waals surface area contributed by atoms with Gasteiger partial charge in [0, 0.05) is 26.2 Å². The third-order valence-electron chi connectivity index (χ3n) is 2.35. The van der Waals surface area contributed by atoms with Crippen molar-refractivity contribution in [3.63, 3.8) is 0 Å². The average Bonchev–Trinajstić information content (AvgIpc) is 2.22. The van der Waals surface area contributed by atoms with Gasteiger partial charge in [0.2, 0.25) is 5.96 Å². The van der Waals surface area contributed by atoms with Crippen molar-refractivity contribution in [1.82, 2.24) is 15.6 Å². The summed E-state index contributed by atoms with van der Waals surface area (Å²) in [5.41, 5.74) is 2.70. The van der Waals surface area contributed by atoms with E-state index in [4.69, 9.17) is 10.6 Å². The maximum Gasteiger partial charge on any atom is 0.206 e. The summed E-state index contributed by atoms with van der Waals surface area (Å²) in [4.78, 5) is 6.64. The molecule has 0 aromatic rings. The molecule has 0 amide bonds. The molecule has 4 N–H and O–H groups in total. The molecule has 0 fully saturated rings. The highest BCUT2D eigenvalue weighted by Gasteiger charge is 2.18. The zero-order valence-electron chi connectivity index (χ0n) is 12.6. The van der Waals surface area contributed by atoms with Gasteiger partial charge in [-0.2, -0.15) is 0 Å². The van der Waals surface area contributed by atoms with Crippen molar-refractivity contribution in [2.24, 2.45) is 16.3 Å². The van der Waals surface area contributed by atoms with Crippen LogP contribution >= 0.6 is 0 Å². The molecule has 0 aliphatic rings. The maximum atomic E-state index is 5.45. The Kier molecular flexibility index (Phi) is 7.90. The van der Waals surface area contributed by atoms with Crippen LogP contribution in [0.25, 0.3) is 0 Å². The van der Waals surface area contributed by atoms with Crippen molar-refractivity contribution >= 4 is 5.96 Å². The van der Waals surface area contributed by atoms with Crippen LogP contribution in [0.3, 0.4) is 0 Å². The predicted octanol–water partition coefficient (Wildman–Crippen LogP) is 0.0180. The van der Waals surface area contributed by atoms with E-state index < -0.39 is 0 Å². The molecule has 1 unspecified atom stereocenters. The van der Waals surface area contributed by atoms with E-state index in [1.807, 2.05) is 6.92 Å². The van der Waals surface area contributed by atoms with Gasteiger partial charge in [0.05, 0.1) is 6.61 Å². The molecule has 0 spiro atoms. The fourth-order valence-electron chi connectivity index (χ4n) is 1.86. The summed E-state index contributed by atoms with van der Waals surface area (Å²) in [6, 6.07) is 0.168. The Morgan fingerprint density at radius 1 is 1.44 bits per heavy atom. The van der Waals surface area contributed by atoms with E-state index in [9.17, 15) is 0 Å². The molecule has 18 heavy (non-hydrogen) atoms. The van der Waals surface area contributed by atoms with Crippen LogP contribution < -0.4 is 16.6 Å². The summed E-state index contributed by atoms with van der Waals surface area (Å²) in [6.07, 6.45) is 0. The molecule has 0 aromatic carbocycles. The van der Waals surface area contributed by atoms with Gasteiger partial charge in [0.25, 0.3) is 0 Å². The Morgan fingerprint density at radius 2 is 2.06 bits per heavy atom. The third-order valence-corrected chi connectivity index (χ3v) is 2.35. The second-order valence-electron chi connectivity index (χ2n) is 5.71. The summed E-state index contributed by atoms with van der Waals surface area (Å²) in [7, 11) is 5.80. The van der Waals surface area contributed by atoms with Crippen LogP contribution in [0.5, 0.6) is 0 Å². The van der Waals surface area contributed by atoms with E-state index in [0.29, 0.717) is 19.1 Å². The highest BCUT2D eigenvalue weighted by Crippen LogP contribution is 2.15. The summed E-state index contributed by atoms with van der Waals surface area (Å²) >= 11 is 0. The lowest BCUT2D eigenvalue weighted by atomic mass is 9.93. The summed E-state index contributed by atoms with van der Waals surface area (Å²) < 4.78 is 5.05. The number of hydrogen-bond acceptors (Lipinski definition) is 4. The van der Waals surface area contributed by atoms with Crippen molar-refractivity contribution < 1.29 is 4.74 Å². The van der Waals surface area contributed by atoms with Crippen LogP contribution in [-0.4, -0.2) is 57.8 Å². The lowest BCUT2D eigenvalue weighted by Gasteiger charge is -2.27. The highest BCUT2D eigenvalue weighted by atomic mass is 16.5. The quantitative estimate of drug-likeness (QED) is 0.260. The standard InChI is InChI=1S/C12H29N5O/c1-10(7-18-6)15-11(16-13)14-8-12(2,3)9-17(4)5/h10H,7-9,13H2,1-6H3,(H2,14,15,16). The number of aliphatic imine (C=N–C) groups is 1. The van der Waals surface area contributed by atoms with Gasteiger partial charge < -0.3 is 15.0 Å². The first-order valence-corrected chi connectivity index (χ1v) is 6.22. The van der Waals surface area contributed by atoms with E-state index in [1.165, 1.54) is 0 Å². The smallest absolute Gasteiger partial charge is 0.206 e. The number of nitrogens with one attached hydrogen (secondary N) is 2. The molecule has 6 nitrogen and oxygen atoms in total. The first kappa shape index (κ1) is 17.2. The minimum atomic E-state index is 0.109. The first-order valence-electron chi connectivity index (χ1n) is 6.22. The SMILES string of the molecule is COCC(C)NC(=NCC(C)(C)CN(C)C)NN.